The third-order valence-electron chi connectivity index (χ3n) is 3.91. The van der Waals surface area contributed by atoms with Crippen molar-refractivity contribution in [1.29, 1.82) is 0 Å². The van der Waals surface area contributed by atoms with Crippen LogP contribution in [0.1, 0.15) is 12.8 Å². The molecule has 3 rings (SSSR count). The van der Waals surface area contributed by atoms with Crippen molar-refractivity contribution in [2.75, 3.05) is 32.8 Å². The molecule has 4 heteroatoms. The first-order valence-electron chi connectivity index (χ1n) is 5.94. The second-order valence-corrected chi connectivity index (χ2v) is 4.95. The van der Waals surface area contributed by atoms with Crippen molar-refractivity contribution in [2.24, 2.45) is 11.8 Å². The van der Waals surface area contributed by atoms with E-state index in [1.165, 1.54) is 0 Å². The van der Waals surface area contributed by atoms with Gasteiger partial charge >= 0.3 is 0 Å². The van der Waals surface area contributed by atoms with Crippen LogP contribution in [0.25, 0.3) is 0 Å². The molecule has 0 aromatic rings. The summed E-state index contributed by atoms with van der Waals surface area (Å²) in [4.78, 5) is 14.1. The highest BCUT2D eigenvalue weighted by molar-refractivity contribution is 5.82. The van der Waals surface area contributed by atoms with E-state index in [4.69, 9.17) is 4.74 Å². The van der Waals surface area contributed by atoms with E-state index >= 15 is 0 Å². The number of hydrogen-bond donors (Lipinski definition) is 1. The predicted octanol–water partition coefficient (Wildman–Crippen LogP) is -0.157. The third kappa shape index (κ3) is 1.66. The molecule has 0 aromatic heterocycles. The van der Waals surface area contributed by atoms with Gasteiger partial charge in [0.15, 0.2) is 0 Å². The van der Waals surface area contributed by atoms with Crippen LogP contribution in [0.2, 0.25) is 0 Å². The first kappa shape index (κ1) is 9.60. The van der Waals surface area contributed by atoms with Gasteiger partial charge in [-0.25, -0.2) is 0 Å². The van der Waals surface area contributed by atoms with Gasteiger partial charge in [0.05, 0.1) is 19.3 Å². The Hall–Kier alpha value is -0.610. The number of hydrogen-bond acceptors (Lipinski definition) is 3. The molecule has 3 fully saturated rings. The van der Waals surface area contributed by atoms with E-state index in [9.17, 15) is 4.79 Å². The van der Waals surface area contributed by atoms with Crippen molar-refractivity contribution in [3.05, 3.63) is 0 Å². The minimum atomic E-state index is 0.102. The zero-order valence-corrected chi connectivity index (χ0v) is 8.95. The Bertz CT molecular complexity index is 251. The molecule has 0 spiro atoms. The molecule has 3 atom stereocenters. The zero-order valence-electron chi connectivity index (χ0n) is 8.95. The molecule has 1 amide bonds. The molecule has 1 N–H and O–H groups in total. The summed E-state index contributed by atoms with van der Waals surface area (Å²) in [5, 5.41) is 3.28. The maximum Gasteiger partial charge on any atom is 0.239 e. The van der Waals surface area contributed by atoms with Crippen molar-refractivity contribution >= 4 is 5.91 Å². The number of nitrogens with zero attached hydrogens (tertiary/aromatic N) is 1. The van der Waals surface area contributed by atoms with Crippen molar-refractivity contribution < 1.29 is 9.53 Å². The first-order valence-corrected chi connectivity index (χ1v) is 5.94. The van der Waals surface area contributed by atoms with Crippen LogP contribution in [0, 0.1) is 11.8 Å². The van der Waals surface area contributed by atoms with E-state index in [-0.39, 0.29) is 6.04 Å². The highest BCUT2D eigenvalue weighted by Gasteiger charge is 2.40. The van der Waals surface area contributed by atoms with Crippen LogP contribution in [0.4, 0.5) is 0 Å². The van der Waals surface area contributed by atoms with Crippen LogP contribution in [0.15, 0.2) is 0 Å². The predicted molar refractivity (Wildman–Crippen MR) is 55.4 cm³/mol. The Kier molecular flexibility index (Phi) is 2.41. The molecule has 3 aliphatic rings. The van der Waals surface area contributed by atoms with Gasteiger partial charge < -0.3 is 15.0 Å². The normalized spacial score (nSPS) is 39.7. The van der Waals surface area contributed by atoms with Crippen LogP contribution >= 0.6 is 0 Å². The molecule has 3 heterocycles. The van der Waals surface area contributed by atoms with Crippen molar-refractivity contribution in [2.45, 2.75) is 18.9 Å². The molecule has 3 saturated heterocycles. The number of ether oxygens (including phenoxy) is 1. The van der Waals surface area contributed by atoms with Crippen LogP contribution in [-0.4, -0.2) is 49.7 Å². The van der Waals surface area contributed by atoms with E-state index < -0.39 is 0 Å². The molecule has 0 bridgehead atoms. The smallest absolute Gasteiger partial charge is 0.239 e. The number of fused-ring (bicyclic) bond motifs is 1. The number of carbonyl (C=O) groups excluding carboxylic acids is 1. The van der Waals surface area contributed by atoms with Gasteiger partial charge in [-0.3, -0.25) is 4.79 Å². The van der Waals surface area contributed by atoms with E-state index in [0.717, 1.165) is 45.7 Å². The number of amides is 1. The van der Waals surface area contributed by atoms with E-state index in [1.54, 1.807) is 0 Å². The lowest BCUT2D eigenvalue weighted by Crippen LogP contribution is -2.43. The van der Waals surface area contributed by atoms with Crippen LogP contribution in [0.5, 0.6) is 0 Å². The molecular weight excluding hydrogens is 192 g/mol. The van der Waals surface area contributed by atoms with E-state index in [1.807, 2.05) is 4.90 Å². The van der Waals surface area contributed by atoms with Gasteiger partial charge in [-0.05, 0) is 19.4 Å². The highest BCUT2D eigenvalue weighted by atomic mass is 16.5. The maximum atomic E-state index is 12.1. The summed E-state index contributed by atoms with van der Waals surface area (Å²) < 4.78 is 5.41. The Morgan fingerprint density at radius 3 is 2.60 bits per heavy atom. The highest BCUT2D eigenvalue weighted by Crippen LogP contribution is 2.29. The quantitative estimate of drug-likeness (QED) is 0.654. The van der Waals surface area contributed by atoms with E-state index in [0.29, 0.717) is 17.7 Å². The monoisotopic (exact) mass is 210 g/mol. The SMILES string of the molecule is O=C([C@@H]1CCCN1)N1C[C@H]2COC[C@@H]2C1. The summed E-state index contributed by atoms with van der Waals surface area (Å²) in [7, 11) is 0. The Morgan fingerprint density at radius 2 is 2.00 bits per heavy atom. The lowest BCUT2D eigenvalue weighted by Gasteiger charge is -2.21. The van der Waals surface area contributed by atoms with Crippen molar-refractivity contribution in [3.63, 3.8) is 0 Å². The van der Waals surface area contributed by atoms with Crippen molar-refractivity contribution in [1.82, 2.24) is 10.2 Å². The fourth-order valence-corrected chi connectivity index (χ4v) is 2.98. The summed E-state index contributed by atoms with van der Waals surface area (Å²) in [6, 6.07) is 0.102. The average molecular weight is 210 g/mol. The second kappa shape index (κ2) is 3.76. The Balaban J connectivity index is 1.61. The minimum Gasteiger partial charge on any atom is -0.381 e. The van der Waals surface area contributed by atoms with Gasteiger partial charge in [-0.15, -0.1) is 0 Å². The molecule has 0 saturated carbocycles. The molecule has 4 nitrogen and oxygen atoms in total. The topological polar surface area (TPSA) is 41.6 Å². The lowest BCUT2D eigenvalue weighted by atomic mass is 10.0. The Labute approximate surface area is 90.0 Å². The minimum absolute atomic E-state index is 0.102. The number of rotatable bonds is 1. The standard InChI is InChI=1S/C11H18N2O2/c14-11(10-2-1-3-12-10)13-4-8-6-15-7-9(8)5-13/h8-10,12H,1-7H2/t8-,9-,10-/m0/s1. The largest absolute Gasteiger partial charge is 0.381 e. The van der Waals surface area contributed by atoms with Crippen LogP contribution in [0.3, 0.4) is 0 Å². The lowest BCUT2D eigenvalue weighted by molar-refractivity contribution is -0.132. The molecule has 0 radical (unpaired) electrons. The molecule has 84 valence electrons. The molecule has 0 unspecified atom stereocenters. The van der Waals surface area contributed by atoms with Crippen LogP contribution in [-0.2, 0) is 9.53 Å². The summed E-state index contributed by atoms with van der Waals surface area (Å²) in [6.45, 7) is 4.54. The molecule has 15 heavy (non-hydrogen) atoms. The molecule has 0 aliphatic carbocycles. The molecule has 0 aromatic carbocycles. The molecule has 3 aliphatic heterocycles. The number of carbonyl (C=O) groups is 1. The van der Waals surface area contributed by atoms with Gasteiger partial charge in [0, 0.05) is 24.9 Å². The second-order valence-electron chi connectivity index (χ2n) is 4.95. The first-order chi connectivity index (χ1) is 7.34. The molecular formula is C11H18N2O2. The third-order valence-corrected chi connectivity index (χ3v) is 3.91. The zero-order chi connectivity index (χ0) is 10.3. The van der Waals surface area contributed by atoms with E-state index in [2.05, 4.69) is 5.32 Å². The van der Waals surface area contributed by atoms with Crippen molar-refractivity contribution in [3.8, 4) is 0 Å². The fourth-order valence-electron chi connectivity index (χ4n) is 2.98. The number of nitrogens with one attached hydrogen (secondary N) is 1. The Morgan fingerprint density at radius 1 is 1.27 bits per heavy atom. The summed E-state index contributed by atoms with van der Waals surface area (Å²) >= 11 is 0. The summed E-state index contributed by atoms with van der Waals surface area (Å²) in [5.74, 6) is 1.53. The summed E-state index contributed by atoms with van der Waals surface area (Å²) in [5.41, 5.74) is 0. The summed E-state index contributed by atoms with van der Waals surface area (Å²) in [6.07, 6.45) is 2.15. The average Bonchev–Trinajstić information content (AvgIpc) is 2.92. The maximum absolute atomic E-state index is 12.1. The van der Waals surface area contributed by atoms with Gasteiger partial charge in [0.1, 0.15) is 0 Å². The van der Waals surface area contributed by atoms with Gasteiger partial charge in [0.2, 0.25) is 5.91 Å². The van der Waals surface area contributed by atoms with Crippen LogP contribution < -0.4 is 5.32 Å². The fraction of sp³-hybridized carbons (Fsp3) is 0.909. The number of likely N-dealkylation sites (tertiary alicyclic amines) is 1. The van der Waals surface area contributed by atoms with Gasteiger partial charge in [-0.1, -0.05) is 0 Å². The van der Waals surface area contributed by atoms with Gasteiger partial charge in [0.25, 0.3) is 0 Å². The van der Waals surface area contributed by atoms with Gasteiger partial charge in [-0.2, -0.15) is 0 Å².